The average molecular weight is 582 g/mol. The first-order chi connectivity index (χ1) is 19.6. The number of carbonyl (C=O) groups excluding carboxylic acids is 2. The van der Waals surface area contributed by atoms with Crippen LogP contribution in [-0.2, 0) is 32.6 Å². The largest absolute Gasteiger partial charge is 0.497 e. The molecule has 1 aliphatic rings. The molecule has 1 atom stereocenters. The molecule has 41 heavy (non-hydrogen) atoms. The van der Waals surface area contributed by atoms with Crippen molar-refractivity contribution in [1.82, 2.24) is 10.2 Å². The Morgan fingerprint density at radius 2 is 1.66 bits per heavy atom. The van der Waals surface area contributed by atoms with Crippen LogP contribution in [0.4, 0.5) is 10.1 Å². The highest BCUT2D eigenvalue weighted by Gasteiger charge is 2.34. The van der Waals surface area contributed by atoms with Crippen molar-refractivity contribution in [1.29, 1.82) is 0 Å². The van der Waals surface area contributed by atoms with Gasteiger partial charge < -0.3 is 15.0 Å². The number of amides is 2. The zero-order valence-electron chi connectivity index (χ0n) is 23.3. The third-order valence-electron chi connectivity index (χ3n) is 7.24. The van der Waals surface area contributed by atoms with Crippen molar-refractivity contribution in [3.63, 3.8) is 0 Å². The summed E-state index contributed by atoms with van der Waals surface area (Å²) in [5.74, 6) is -0.934. The number of rotatable bonds is 12. The van der Waals surface area contributed by atoms with Crippen molar-refractivity contribution in [3.8, 4) is 5.75 Å². The second kappa shape index (κ2) is 13.6. The van der Waals surface area contributed by atoms with Crippen LogP contribution < -0.4 is 14.4 Å². The van der Waals surface area contributed by atoms with Crippen LogP contribution in [0.15, 0.2) is 78.9 Å². The lowest BCUT2D eigenvalue weighted by molar-refractivity contribution is -0.140. The van der Waals surface area contributed by atoms with Gasteiger partial charge in [0.25, 0.3) is 0 Å². The number of carbonyl (C=O) groups is 2. The average Bonchev–Trinajstić information content (AvgIpc) is 3.46. The fourth-order valence-corrected chi connectivity index (χ4v) is 5.98. The number of anilines is 1. The molecule has 0 aliphatic heterocycles. The fraction of sp³-hybridized carbons (Fsp3) is 0.355. The molecule has 0 bridgehead atoms. The second-order valence-corrected chi connectivity index (χ2v) is 12.2. The van der Waals surface area contributed by atoms with Gasteiger partial charge in [0.2, 0.25) is 21.8 Å². The zero-order valence-corrected chi connectivity index (χ0v) is 24.1. The minimum Gasteiger partial charge on any atom is -0.497 e. The highest BCUT2D eigenvalue weighted by Crippen LogP contribution is 2.23. The highest BCUT2D eigenvalue weighted by atomic mass is 32.2. The number of hydrogen-bond acceptors (Lipinski definition) is 5. The Kier molecular flexibility index (Phi) is 9.99. The first kappa shape index (κ1) is 30.0. The molecular formula is C31H36FN3O5S. The SMILES string of the molecule is COc1cccc(CN(C(=O)CN(c2cccc(F)c2)S(C)(=O)=O)[C@@H](Cc2ccccc2)C(=O)NC2CCCC2)c1. The maximum Gasteiger partial charge on any atom is 0.244 e. The third kappa shape index (κ3) is 8.29. The molecule has 0 saturated heterocycles. The van der Waals surface area contributed by atoms with Crippen LogP contribution in [0.25, 0.3) is 0 Å². The lowest BCUT2D eigenvalue weighted by atomic mass is 10.0. The Morgan fingerprint density at radius 3 is 2.32 bits per heavy atom. The molecule has 1 saturated carbocycles. The predicted octanol–water partition coefficient (Wildman–Crippen LogP) is 4.30. The highest BCUT2D eigenvalue weighted by molar-refractivity contribution is 7.92. The van der Waals surface area contributed by atoms with Gasteiger partial charge in [-0.15, -0.1) is 0 Å². The quantitative estimate of drug-likeness (QED) is 0.344. The Balaban J connectivity index is 1.73. The van der Waals surface area contributed by atoms with E-state index in [2.05, 4.69) is 5.32 Å². The standard InChI is InChI=1S/C31H36FN3O5S/c1-40-28-17-8-12-24(18-28)21-34(30(36)22-35(41(2,38)39)27-16-9-13-25(32)20-27)29(19-23-10-4-3-5-11-23)31(37)33-26-14-6-7-15-26/h3-5,8-13,16-18,20,26,29H,6-7,14-15,19,21-22H2,1-2H3,(H,33,37)/t29-/m0/s1. The fourth-order valence-electron chi connectivity index (χ4n) is 5.13. The van der Waals surface area contributed by atoms with Crippen LogP contribution in [0.1, 0.15) is 36.8 Å². The molecule has 2 amide bonds. The van der Waals surface area contributed by atoms with E-state index in [4.69, 9.17) is 4.74 Å². The van der Waals surface area contributed by atoms with Gasteiger partial charge in [-0.05, 0) is 54.3 Å². The van der Waals surface area contributed by atoms with E-state index in [1.807, 2.05) is 36.4 Å². The number of methoxy groups -OCH3 is 1. The first-order valence-electron chi connectivity index (χ1n) is 13.6. The first-order valence-corrected chi connectivity index (χ1v) is 15.5. The molecule has 0 radical (unpaired) electrons. The second-order valence-electron chi connectivity index (χ2n) is 10.3. The zero-order chi connectivity index (χ0) is 29.4. The Labute approximate surface area is 241 Å². The normalized spacial score (nSPS) is 14.3. The molecule has 8 nitrogen and oxygen atoms in total. The lowest BCUT2D eigenvalue weighted by Gasteiger charge is -2.34. The summed E-state index contributed by atoms with van der Waals surface area (Å²) < 4.78 is 45.9. The summed E-state index contributed by atoms with van der Waals surface area (Å²) in [6.45, 7) is -0.569. The Bertz CT molecular complexity index is 1440. The van der Waals surface area contributed by atoms with Crippen molar-refractivity contribution in [3.05, 3.63) is 95.8 Å². The van der Waals surface area contributed by atoms with Crippen molar-refractivity contribution in [2.24, 2.45) is 0 Å². The maximum atomic E-state index is 14.1. The number of sulfonamides is 1. The van der Waals surface area contributed by atoms with Crippen molar-refractivity contribution in [2.75, 3.05) is 24.2 Å². The monoisotopic (exact) mass is 581 g/mol. The van der Waals surface area contributed by atoms with E-state index >= 15 is 0 Å². The summed E-state index contributed by atoms with van der Waals surface area (Å²) in [4.78, 5) is 29.4. The lowest BCUT2D eigenvalue weighted by Crippen LogP contribution is -2.54. The smallest absolute Gasteiger partial charge is 0.244 e. The van der Waals surface area contributed by atoms with Crippen molar-refractivity contribution >= 4 is 27.5 Å². The molecule has 0 aromatic heterocycles. The summed E-state index contributed by atoms with van der Waals surface area (Å²) in [7, 11) is -2.43. The van der Waals surface area contributed by atoms with Crippen molar-refractivity contribution < 1.29 is 27.1 Å². The van der Waals surface area contributed by atoms with Crippen LogP contribution >= 0.6 is 0 Å². The van der Waals surface area contributed by atoms with Crippen molar-refractivity contribution in [2.45, 2.75) is 50.7 Å². The predicted molar refractivity (Wildman–Crippen MR) is 156 cm³/mol. The molecule has 1 fully saturated rings. The number of hydrogen-bond donors (Lipinski definition) is 1. The minimum absolute atomic E-state index is 0.0226. The number of nitrogens with one attached hydrogen (secondary N) is 1. The Morgan fingerprint density at radius 1 is 0.976 bits per heavy atom. The maximum absolute atomic E-state index is 14.1. The van der Waals surface area contributed by atoms with Gasteiger partial charge in [-0.2, -0.15) is 0 Å². The number of halogens is 1. The van der Waals surface area contributed by atoms with Gasteiger partial charge in [0.1, 0.15) is 24.2 Å². The van der Waals surface area contributed by atoms with Crippen LogP contribution in [0.3, 0.4) is 0 Å². The summed E-state index contributed by atoms with van der Waals surface area (Å²) >= 11 is 0. The Hall–Kier alpha value is -3.92. The molecule has 1 N–H and O–H groups in total. The van der Waals surface area contributed by atoms with E-state index in [1.165, 1.54) is 30.2 Å². The molecular weight excluding hydrogens is 545 g/mol. The van der Waals surface area contributed by atoms with Gasteiger partial charge in [-0.3, -0.25) is 13.9 Å². The molecule has 0 unspecified atom stereocenters. The molecule has 4 rings (SSSR count). The molecule has 10 heteroatoms. The minimum atomic E-state index is -3.97. The van der Waals surface area contributed by atoms with E-state index in [1.54, 1.807) is 18.2 Å². The van der Waals surface area contributed by atoms with Gasteiger partial charge in [0.15, 0.2) is 0 Å². The molecule has 218 valence electrons. The van der Waals surface area contributed by atoms with Crippen LogP contribution in [-0.4, -0.2) is 57.1 Å². The molecule has 3 aromatic carbocycles. The van der Waals surface area contributed by atoms with Crippen LogP contribution in [0, 0.1) is 5.82 Å². The molecule has 0 heterocycles. The number of ether oxygens (including phenoxy) is 1. The summed E-state index contributed by atoms with van der Waals surface area (Å²) in [6.07, 6.45) is 4.99. The molecule has 3 aromatic rings. The van der Waals surface area contributed by atoms with E-state index in [-0.39, 0.29) is 30.6 Å². The van der Waals surface area contributed by atoms with Crippen LogP contribution in [0.5, 0.6) is 5.75 Å². The molecule has 0 spiro atoms. The summed E-state index contributed by atoms with van der Waals surface area (Å²) in [5.41, 5.74) is 1.59. The van der Waals surface area contributed by atoms with E-state index in [9.17, 15) is 22.4 Å². The van der Waals surface area contributed by atoms with Gasteiger partial charge in [-0.1, -0.05) is 61.4 Å². The van der Waals surface area contributed by atoms with Gasteiger partial charge >= 0.3 is 0 Å². The summed E-state index contributed by atoms with van der Waals surface area (Å²) in [6, 6.07) is 20.7. The van der Waals surface area contributed by atoms with Gasteiger partial charge in [0.05, 0.1) is 19.1 Å². The van der Waals surface area contributed by atoms with Crippen LogP contribution in [0.2, 0.25) is 0 Å². The van der Waals surface area contributed by atoms with E-state index in [0.29, 0.717) is 11.3 Å². The third-order valence-corrected chi connectivity index (χ3v) is 8.38. The number of benzene rings is 3. The van der Waals surface area contributed by atoms with E-state index < -0.39 is 34.3 Å². The van der Waals surface area contributed by atoms with Gasteiger partial charge in [0, 0.05) is 19.0 Å². The number of nitrogens with zero attached hydrogens (tertiary/aromatic N) is 2. The molecule has 1 aliphatic carbocycles. The van der Waals surface area contributed by atoms with Gasteiger partial charge in [-0.25, -0.2) is 12.8 Å². The topological polar surface area (TPSA) is 96.0 Å². The summed E-state index contributed by atoms with van der Waals surface area (Å²) in [5, 5.41) is 3.13. The van der Waals surface area contributed by atoms with E-state index in [0.717, 1.165) is 47.9 Å².